The summed E-state index contributed by atoms with van der Waals surface area (Å²) in [7, 11) is 3.91. The minimum Gasteiger partial charge on any atom is -0.451 e. The van der Waals surface area contributed by atoms with E-state index in [0.29, 0.717) is 23.0 Å². The summed E-state index contributed by atoms with van der Waals surface area (Å²) in [5.41, 5.74) is 3.14. The summed E-state index contributed by atoms with van der Waals surface area (Å²) in [5, 5.41) is 11.6. The molecule has 0 fully saturated rings. The Morgan fingerprint density at radius 3 is 2.90 bits per heavy atom. The zero-order chi connectivity index (χ0) is 14.8. The third-order valence-electron chi connectivity index (χ3n) is 2.96. The highest BCUT2D eigenvalue weighted by Gasteiger charge is 2.21. The van der Waals surface area contributed by atoms with Crippen LogP contribution in [-0.2, 0) is 6.54 Å². The van der Waals surface area contributed by atoms with E-state index in [2.05, 4.69) is 15.5 Å². The quantitative estimate of drug-likeness (QED) is 0.802. The lowest BCUT2D eigenvalue weighted by Gasteiger charge is -2.09. The van der Waals surface area contributed by atoms with Crippen LogP contribution in [0.25, 0.3) is 11.0 Å². The van der Waals surface area contributed by atoms with Gasteiger partial charge in [-0.3, -0.25) is 10.1 Å². The molecule has 0 saturated heterocycles. The number of carbonyl (C=O) groups excluding carboxylic acids is 1. The molecule has 2 aromatic heterocycles. The fourth-order valence-electron chi connectivity index (χ4n) is 2.14. The predicted molar refractivity (Wildman–Crippen MR) is 81.5 cm³/mol. The predicted octanol–water partition coefficient (Wildman–Crippen LogP) is 2.60. The average molecular weight is 302 g/mol. The zero-order valence-corrected chi connectivity index (χ0v) is 12.5. The third kappa shape index (κ3) is 2.79. The van der Waals surface area contributed by atoms with Crippen molar-refractivity contribution in [1.82, 2.24) is 15.1 Å². The van der Waals surface area contributed by atoms with Crippen LogP contribution in [0.5, 0.6) is 0 Å². The normalized spacial score (nSPS) is 11.2. The number of benzene rings is 1. The minimum absolute atomic E-state index is 0.306. The number of furan rings is 1. The van der Waals surface area contributed by atoms with Crippen molar-refractivity contribution in [2.45, 2.75) is 6.54 Å². The first kappa shape index (κ1) is 13.7. The summed E-state index contributed by atoms with van der Waals surface area (Å²) in [4.78, 5) is 14.4. The van der Waals surface area contributed by atoms with E-state index in [1.54, 1.807) is 5.51 Å². The maximum absolute atomic E-state index is 12.4. The molecule has 7 heteroatoms. The average Bonchev–Trinajstić information content (AvgIpc) is 3.07. The van der Waals surface area contributed by atoms with E-state index in [-0.39, 0.29) is 5.91 Å². The van der Waals surface area contributed by atoms with Gasteiger partial charge < -0.3 is 9.32 Å². The first-order valence-electron chi connectivity index (χ1n) is 6.38. The van der Waals surface area contributed by atoms with Crippen LogP contribution in [0.1, 0.15) is 16.1 Å². The van der Waals surface area contributed by atoms with E-state index in [1.807, 2.05) is 43.3 Å². The van der Waals surface area contributed by atoms with Crippen LogP contribution in [0.2, 0.25) is 0 Å². The zero-order valence-electron chi connectivity index (χ0n) is 11.7. The minimum atomic E-state index is -0.306. The monoisotopic (exact) mass is 302 g/mol. The van der Waals surface area contributed by atoms with E-state index >= 15 is 0 Å². The van der Waals surface area contributed by atoms with Gasteiger partial charge in [0.05, 0.1) is 0 Å². The summed E-state index contributed by atoms with van der Waals surface area (Å²) in [5.74, 6) is 0.0138. The maximum Gasteiger partial charge on any atom is 0.293 e. The number of nitrogens with zero attached hydrogens (tertiary/aromatic N) is 3. The van der Waals surface area contributed by atoms with Crippen molar-refractivity contribution in [1.29, 1.82) is 0 Å². The van der Waals surface area contributed by atoms with Gasteiger partial charge in [0.1, 0.15) is 11.1 Å². The highest BCUT2D eigenvalue weighted by Crippen LogP contribution is 2.27. The Hall–Kier alpha value is -2.25. The number of aromatic nitrogens is 2. The van der Waals surface area contributed by atoms with Gasteiger partial charge >= 0.3 is 0 Å². The fraction of sp³-hybridized carbons (Fsp3) is 0.214. The molecular weight excluding hydrogens is 288 g/mol. The smallest absolute Gasteiger partial charge is 0.293 e. The number of hydrogen-bond acceptors (Lipinski definition) is 6. The van der Waals surface area contributed by atoms with Crippen LogP contribution in [0, 0.1) is 0 Å². The molecule has 0 unspecified atom stereocenters. The number of hydrogen-bond donors (Lipinski definition) is 1. The highest BCUT2D eigenvalue weighted by atomic mass is 32.1. The lowest BCUT2D eigenvalue weighted by atomic mass is 10.1. The van der Waals surface area contributed by atoms with E-state index in [9.17, 15) is 4.79 Å². The number of para-hydroxylation sites is 1. The van der Waals surface area contributed by atoms with Crippen molar-refractivity contribution in [3.8, 4) is 0 Å². The molecule has 1 amide bonds. The Morgan fingerprint density at radius 1 is 1.38 bits per heavy atom. The van der Waals surface area contributed by atoms with Crippen molar-refractivity contribution in [2.75, 3.05) is 19.4 Å². The van der Waals surface area contributed by atoms with Gasteiger partial charge in [0.25, 0.3) is 5.91 Å². The number of fused-ring (bicyclic) bond motifs is 1. The molecular formula is C14H14N4O2S. The van der Waals surface area contributed by atoms with Gasteiger partial charge in [0.2, 0.25) is 5.13 Å². The molecule has 0 aliphatic carbocycles. The second-order valence-electron chi connectivity index (χ2n) is 4.84. The summed E-state index contributed by atoms with van der Waals surface area (Å²) in [6, 6.07) is 7.64. The summed E-state index contributed by atoms with van der Waals surface area (Å²) in [6.07, 6.45) is 0. The van der Waals surface area contributed by atoms with Crippen LogP contribution in [-0.4, -0.2) is 35.1 Å². The van der Waals surface area contributed by atoms with Gasteiger partial charge in [-0.05, 0) is 20.2 Å². The lowest BCUT2D eigenvalue weighted by molar-refractivity contribution is 0.0996. The number of amides is 1. The largest absolute Gasteiger partial charge is 0.451 e. The summed E-state index contributed by atoms with van der Waals surface area (Å²) in [6.45, 7) is 0.621. The highest BCUT2D eigenvalue weighted by molar-refractivity contribution is 7.13. The molecule has 0 saturated carbocycles. The van der Waals surface area contributed by atoms with Crippen LogP contribution < -0.4 is 5.32 Å². The van der Waals surface area contributed by atoms with Gasteiger partial charge in [-0.25, -0.2) is 0 Å². The molecule has 21 heavy (non-hydrogen) atoms. The van der Waals surface area contributed by atoms with Gasteiger partial charge in [-0.15, -0.1) is 10.2 Å². The molecule has 0 aliphatic heterocycles. The van der Waals surface area contributed by atoms with E-state index in [1.165, 1.54) is 11.3 Å². The van der Waals surface area contributed by atoms with Crippen molar-refractivity contribution < 1.29 is 9.21 Å². The summed E-state index contributed by atoms with van der Waals surface area (Å²) < 4.78 is 5.73. The molecule has 0 bridgehead atoms. The molecule has 0 aliphatic rings. The van der Waals surface area contributed by atoms with Crippen LogP contribution in [0.4, 0.5) is 5.13 Å². The topological polar surface area (TPSA) is 71.3 Å². The number of carbonyl (C=O) groups is 1. The second kappa shape index (κ2) is 5.63. The van der Waals surface area contributed by atoms with Gasteiger partial charge in [-0.2, -0.15) is 0 Å². The Morgan fingerprint density at radius 2 is 2.19 bits per heavy atom. The molecule has 0 atom stereocenters. The van der Waals surface area contributed by atoms with Crippen LogP contribution in [0.3, 0.4) is 0 Å². The lowest BCUT2D eigenvalue weighted by Crippen LogP contribution is -2.17. The molecule has 6 nitrogen and oxygen atoms in total. The third-order valence-corrected chi connectivity index (χ3v) is 3.57. The van der Waals surface area contributed by atoms with Crippen molar-refractivity contribution >= 4 is 33.3 Å². The van der Waals surface area contributed by atoms with E-state index < -0.39 is 0 Å². The molecule has 3 rings (SSSR count). The first-order chi connectivity index (χ1) is 10.1. The Kier molecular flexibility index (Phi) is 3.68. The number of rotatable bonds is 4. The molecule has 0 spiro atoms. The SMILES string of the molecule is CN(C)Cc1c(C(=O)Nc2nncs2)oc2ccccc12. The van der Waals surface area contributed by atoms with Gasteiger partial charge in [-0.1, -0.05) is 29.5 Å². The summed E-state index contributed by atoms with van der Waals surface area (Å²) >= 11 is 1.27. The molecule has 1 N–H and O–H groups in total. The number of nitrogens with one attached hydrogen (secondary N) is 1. The molecule has 2 heterocycles. The van der Waals surface area contributed by atoms with Gasteiger partial charge in [0.15, 0.2) is 5.76 Å². The van der Waals surface area contributed by atoms with E-state index in [0.717, 1.165) is 10.9 Å². The Labute approximate surface area is 125 Å². The van der Waals surface area contributed by atoms with Gasteiger partial charge in [0, 0.05) is 17.5 Å². The number of anilines is 1. The molecule has 3 aromatic rings. The van der Waals surface area contributed by atoms with Crippen LogP contribution in [0.15, 0.2) is 34.2 Å². The fourth-order valence-corrected chi connectivity index (χ4v) is 2.58. The maximum atomic E-state index is 12.4. The molecule has 0 radical (unpaired) electrons. The van der Waals surface area contributed by atoms with Crippen molar-refractivity contribution in [2.24, 2.45) is 0 Å². The first-order valence-corrected chi connectivity index (χ1v) is 7.26. The Balaban J connectivity index is 2.01. The molecule has 108 valence electrons. The second-order valence-corrected chi connectivity index (χ2v) is 5.67. The van der Waals surface area contributed by atoms with Crippen LogP contribution >= 0.6 is 11.3 Å². The van der Waals surface area contributed by atoms with E-state index in [4.69, 9.17) is 4.42 Å². The Bertz CT molecular complexity index is 764. The van der Waals surface area contributed by atoms with Crippen molar-refractivity contribution in [3.05, 3.63) is 41.1 Å². The molecule has 1 aromatic carbocycles. The van der Waals surface area contributed by atoms with Crippen molar-refractivity contribution in [3.63, 3.8) is 0 Å². The standard InChI is InChI=1S/C14H14N4O2S/c1-18(2)7-10-9-5-3-4-6-11(9)20-12(10)13(19)16-14-17-15-8-21-14/h3-6,8H,7H2,1-2H3,(H,16,17,19).